The van der Waals surface area contributed by atoms with E-state index in [2.05, 4.69) is 15.3 Å². The van der Waals surface area contributed by atoms with Crippen molar-refractivity contribution in [2.45, 2.75) is 20.0 Å². The van der Waals surface area contributed by atoms with Gasteiger partial charge in [-0.15, -0.1) is 0 Å². The van der Waals surface area contributed by atoms with Crippen LogP contribution in [-0.2, 0) is 9.47 Å². The highest BCUT2D eigenvalue weighted by Gasteiger charge is 2.09. The average molecular weight is 369 g/mol. The monoisotopic (exact) mass is 369 g/mol. The number of fused-ring (bicyclic) bond motifs is 1. The lowest BCUT2D eigenvalue weighted by atomic mass is 10.1. The van der Waals surface area contributed by atoms with E-state index < -0.39 is 6.09 Å². The molecule has 2 N–H and O–H groups in total. The largest absolute Gasteiger partial charge is 0.491 e. The zero-order valence-electron chi connectivity index (χ0n) is 15.6. The molecular formula is C20H23N3O4. The smallest absolute Gasteiger partial charge is 0.411 e. The molecule has 142 valence electrons. The molecule has 1 aromatic carbocycles. The van der Waals surface area contributed by atoms with Crippen molar-refractivity contribution in [3.63, 3.8) is 0 Å². The van der Waals surface area contributed by atoms with Crippen molar-refractivity contribution < 1.29 is 19.0 Å². The Balaban J connectivity index is 1.73. The number of hydrogen-bond acceptors (Lipinski definition) is 5. The maximum absolute atomic E-state index is 11.7. The van der Waals surface area contributed by atoms with Crippen LogP contribution in [0.1, 0.15) is 13.8 Å². The molecule has 7 nitrogen and oxygen atoms in total. The summed E-state index contributed by atoms with van der Waals surface area (Å²) in [6, 6.07) is 11.6. The summed E-state index contributed by atoms with van der Waals surface area (Å²) in [6.07, 6.45) is 0.921. The number of rotatable bonds is 7. The summed E-state index contributed by atoms with van der Waals surface area (Å²) >= 11 is 0. The van der Waals surface area contributed by atoms with Gasteiger partial charge in [-0.05, 0) is 55.8 Å². The number of aromatic nitrogens is 2. The summed E-state index contributed by atoms with van der Waals surface area (Å²) in [5, 5.41) is 3.58. The first-order valence-electron chi connectivity index (χ1n) is 8.73. The minimum Gasteiger partial charge on any atom is -0.491 e. The minimum atomic E-state index is -0.494. The van der Waals surface area contributed by atoms with Crippen LogP contribution in [0.4, 0.5) is 10.5 Å². The Labute approximate surface area is 157 Å². The molecule has 27 heavy (non-hydrogen) atoms. The molecule has 0 aliphatic rings. The summed E-state index contributed by atoms with van der Waals surface area (Å²) in [5.74, 6) is 0.792. The SMILES string of the molecule is COCCOc1ccc(-c2cc3cc(NC(=O)OC(C)C)cnc3[nH]2)cc1. The average Bonchev–Trinajstić information content (AvgIpc) is 3.05. The van der Waals surface area contributed by atoms with Crippen LogP contribution >= 0.6 is 0 Å². The Hall–Kier alpha value is -3.06. The fourth-order valence-electron chi connectivity index (χ4n) is 2.57. The molecule has 0 radical (unpaired) electrons. The van der Waals surface area contributed by atoms with Crippen LogP contribution < -0.4 is 10.1 Å². The lowest BCUT2D eigenvalue weighted by Crippen LogP contribution is -2.17. The molecule has 0 fully saturated rings. The Bertz CT molecular complexity index is 903. The van der Waals surface area contributed by atoms with Gasteiger partial charge in [0.05, 0.1) is 24.6 Å². The number of nitrogens with zero attached hydrogens (tertiary/aromatic N) is 1. The van der Waals surface area contributed by atoms with E-state index in [-0.39, 0.29) is 6.10 Å². The molecular weight excluding hydrogens is 346 g/mol. The number of benzene rings is 1. The van der Waals surface area contributed by atoms with Crippen LogP contribution in [0.3, 0.4) is 0 Å². The molecule has 2 aromatic heterocycles. The number of carbonyl (C=O) groups excluding carboxylic acids is 1. The van der Waals surface area contributed by atoms with E-state index >= 15 is 0 Å². The first-order valence-corrected chi connectivity index (χ1v) is 8.73. The number of ether oxygens (including phenoxy) is 3. The molecule has 0 aliphatic carbocycles. The molecule has 0 saturated heterocycles. The van der Waals surface area contributed by atoms with Gasteiger partial charge >= 0.3 is 6.09 Å². The second-order valence-electron chi connectivity index (χ2n) is 6.29. The van der Waals surface area contributed by atoms with Crippen LogP contribution in [0.2, 0.25) is 0 Å². The van der Waals surface area contributed by atoms with Gasteiger partial charge in [-0.25, -0.2) is 9.78 Å². The van der Waals surface area contributed by atoms with Crippen molar-refractivity contribution in [2.24, 2.45) is 0 Å². The molecule has 2 heterocycles. The third kappa shape index (κ3) is 4.98. The van der Waals surface area contributed by atoms with E-state index in [9.17, 15) is 4.79 Å². The third-order valence-electron chi connectivity index (χ3n) is 3.78. The summed E-state index contributed by atoms with van der Waals surface area (Å²) in [6.45, 7) is 4.67. The van der Waals surface area contributed by atoms with Gasteiger partial charge in [0, 0.05) is 18.2 Å². The Morgan fingerprint density at radius 1 is 1.19 bits per heavy atom. The van der Waals surface area contributed by atoms with Gasteiger partial charge in [0.2, 0.25) is 0 Å². The first kappa shape index (κ1) is 18.7. The van der Waals surface area contributed by atoms with Crippen molar-refractivity contribution in [1.82, 2.24) is 9.97 Å². The van der Waals surface area contributed by atoms with Crippen molar-refractivity contribution in [1.29, 1.82) is 0 Å². The van der Waals surface area contributed by atoms with Gasteiger partial charge in [-0.1, -0.05) is 0 Å². The van der Waals surface area contributed by atoms with E-state index in [1.807, 2.05) is 36.4 Å². The molecule has 3 aromatic rings. The van der Waals surface area contributed by atoms with Gasteiger partial charge in [0.1, 0.15) is 18.0 Å². The topological polar surface area (TPSA) is 85.5 Å². The Kier molecular flexibility index (Phi) is 5.93. The second kappa shape index (κ2) is 8.55. The number of anilines is 1. The zero-order chi connectivity index (χ0) is 19.2. The highest BCUT2D eigenvalue weighted by atomic mass is 16.6. The van der Waals surface area contributed by atoms with Crippen LogP contribution in [0, 0.1) is 0 Å². The summed E-state index contributed by atoms with van der Waals surface area (Å²) in [4.78, 5) is 19.4. The quantitative estimate of drug-likeness (QED) is 0.609. The van der Waals surface area contributed by atoms with E-state index in [1.165, 1.54) is 0 Å². The van der Waals surface area contributed by atoms with Gasteiger partial charge in [-0.3, -0.25) is 5.32 Å². The van der Waals surface area contributed by atoms with Crippen molar-refractivity contribution >= 4 is 22.8 Å². The molecule has 0 saturated carbocycles. The van der Waals surface area contributed by atoms with Crippen molar-refractivity contribution in [3.8, 4) is 17.0 Å². The first-order chi connectivity index (χ1) is 13.0. The molecule has 3 rings (SSSR count). The molecule has 0 spiro atoms. The number of nitrogens with one attached hydrogen (secondary N) is 2. The van der Waals surface area contributed by atoms with Crippen LogP contribution in [0.5, 0.6) is 5.75 Å². The van der Waals surface area contributed by atoms with Crippen LogP contribution in [-0.4, -0.2) is 42.5 Å². The lowest BCUT2D eigenvalue weighted by Gasteiger charge is -2.08. The minimum absolute atomic E-state index is 0.179. The predicted molar refractivity (Wildman–Crippen MR) is 104 cm³/mol. The summed E-state index contributed by atoms with van der Waals surface area (Å²) in [7, 11) is 1.64. The molecule has 0 unspecified atom stereocenters. The second-order valence-corrected chi connectivity index (χ2v) is 6.29. The number of carbonyl (C=O) groups is 1. The number of aromatic amines is 1. The Morgan fingerprint density at radius 2 is 1.96 bits per heavy atom. The summed E-state index contributed by atoms with van der Waals surface area (Å²) < 4.78 is 15.6. The van der Waals surface area contributed by atoms with Gasteiger partial charge in [0.25, 0.3) is 0 Å². The Morgan fingerprint density at radius 3 is 2.67 bits per heavy atom. The number of pyridine rings is 1. The predicted octanol–water partition coefficient (Wildman–Crippen LogP) is 4.21. The van der Waals surface area contributed by atoms with E-state index in [0.717, 1.165) is 28.0 Å². The lowest BCUT2D eigenvalue weighted by molar-refractivity contribution is 0.130. The standard InChI is InChI=1S/C20H23N3O4/c1-13(2)27-20(24)22-16-10-15-11-18(23-19(15)21-12-16)14-4-6-17(7-5-14)26-9-8-25-3/h4-7,10-13H,8-9H2,1-3H3,(H,21,23)(H,22,24). The zero-order valence-corrected chi connectivity index (χ0v) is 15.6. The van der Waals surface area contributed by atoms with Crippen molar-refractivity contribution in [2.75, 3.05) is 25.6 Å². The number of methoxy groups -OCH3 is 1. The maximum atomic E-state index is 11.7. The van der Waals surface area contributed by atoms with Gasteiger partial charge < -0.3 is 19.2 Å². The number of H-pyrrole nitrogens is 1. The summed E-state index contributed by atoms with van der Waals surface area (Å²) in [5.41, 5.74) is 3.28. The highest BCUT2D eigenvalue weighted by Crippen LogP contribution is 2.26. The molecule has 0 aliphatic heterocycles. The third-order valence-corrected chi connectivity index (χ3v) is 3.78. The van der Waals surface area contributed by atoms with E-state index in [1.54, 1.807) is 27.2 Å². The molecule has 1 amide bonds. The number of hydrogen-bond donors (Lipinski definition) is 2. The molecule has 0 bridgehead atoms. The van der Waals surface area contributed by atoms with Gasteiger partial charge in [-0.2, -0.15) is 0 Å². The van der Waals surface area contributed by atoms with Crippen molar-refractivity contribution in [3.05, 3.63) is 42.6 Å². The maximum Gasteiger partial charge on any atom is 0.411 e. The molecule has 0 atom stereocenters. The van der Waals surface area contributed by atoms with Gasteiger partial charge in [0.15, 0.2) is 0 Å². The number of amides is 1. The fraction of sp³-hybridized carbons (Fsp3) is 0.300. The normalized spacial score (nSPS) is 11.0. The molecule has 7 heteroatoms. The van der Waals surface area contributed by atoms with Crippen LogP contribution in [0.25, 0.3) is 22.3 Å². The van der Waals surface area contributed by atoms with E-state index in [0.29, 0.717) is 18.9 Å². The van der Waals surface area contributed by atoms with Crippen LogP contribution in [0.15, 0.2) is 42.6 Å². The highest BCUT2D eigenvalue weighted by molar-refractivity contribution is 5.90. The van der Waals surface area contributed by atoms with E-state index in [4.69, 9.17) is 14.2 Å². The fourth-order valence-corrected chi connectivity index (χ4v) is 2.57.